The number of ether oxygens (including phenoxy) is 1. The van der Waals surface area contributed by atoms with Crippen LogP contribution in [0.4, 0.5) is 0 Å². The molecule has 0 radical (unpaired) electrons. The molecule has 4 rings (SSSR count). The monoisotopic (exact) mass is 238 g/mol. The highest BCUT2D eigenvalue weighted by Crippen LogP contribution is 2.47. The highest BCUT2D eigenvalue weighted by Gasteiger charge is 2.47. The zero-order valence-corrected chi connectivity index (χ0v) is 11.3. The van der Waals surface area contributed by atoms with Crippen molar-refractivity contribution in [1.29, 1.82) is 0 Å². The Morgan fingerprint density at radius 1 is 1.18 bits per heavy atom. The number of piperazine rings is 1. The number of hydrogen-bond donors (Lipinski definition) is 0. The molecule has 0 aromatic rings. The van der Waals surface area contributed by atoms with Crippen LogP contribution in [0.3, 0.4) is 0 Å². The summed E-state index contributed by atoms with van der Waals surface area (Å²) in [6.07, 6.45) is 5.60. The van der Waals surface area contributed by atoms with E-state index in [0.29, 0.717) is 5.41 Å². The summed E-state index contributed by atoms with van der Waals surface area (Å²) in [5.41, 5.74) is 0.534. The second kappa shape index (κ2) is 4.52. The zero-order valence-electron chi connectivity index (χ0n) is 11.3. The van der Waals surface area contributed by atoms with Crippen molar-refractivity contribution in [2.24, 2.45) is 5.41 Å². The van der Waals surface area contributed by atoms with Crippen LogP contribution >= 0.6 is 0 Å². The van der Waals surface area contributed by atoms with Gasteiger partial charge >= 0.3 is 0 Å². The van der Waals surface area contributed by atoms with Gasteiger partial charge < -0.3 is 9.64 Å². The fourth-order valence-electron chi connectivity index (χ4n) is 3.59. The molecule has 17 heavy (non-hydrogen) atoms. The lowest BCUT2D eigenvalue weighted by Crippen LogP contribution is -2.62. The topological polar surface area (TPSA) is 15.7 Å². The van der Waals surface area contributed by atoms with Crippen LogP contribution in [0.1, 0.15) is 32.6 Å². The molecule has 0 N–H and O–H groups in total. The van der Waals surface area contributed by atoms with Gasteiger partial charge in [0, 0.05) is 43.7 Å². The lowest BCUT2D eigenvalue weighted by molar-refractivity contribution is -0.0268. The maximum absolute atomic E-state index is 5.67. The summed E-state index contributed by atoms with van der Waals surface area (Å²) in [4.78, 5) is 5.33. The molecule has 0 aromatic carbocycles. The minimum Gasteiger partial charge on any atom is -0.381 e. The Morgan fingerprint density at radius 2 is 1.94 bits per heavy atom. The van der Waals surface area contributed by atoms with Crippen molar-refractivity contribution in [3.8, 4) is 0 Å². The van der Waals surface area contributed by atoms with Crippen molar-refractivity contribution in [3.63, 3.8) is 0 Å². The fourth-order valence-corrected chi connectivity index (χ4v) is 3.59. The third-order valence-corrected chi connectivity index (χ3v) is 5.02. The van der Waals surface area contributed by atoms with Crippen LogP contribution in [-0.4, -0.2) is 61.8 Å². The second-order valence-electron chi connectivity index (χ2n) is 6.39. The van der Waals surface area contributed by atoms with Crippen molar-refractivity contribution in [2.75, 3.05) is 39.9 Å². The molecule has 2 unspecified atom stereocenters. The largest absolute Gasteiger partial charge is 0.381 e. The number of hydrogen-bond acceptors (Lipinski definition) is 3. The molecule has 1 aliphatic carbocycles. The van der Waals surface area contributed by atoms with Gasteiger partial charge in [0.25, 0.3) is 0 Å². The molecule has 3 saturated heterocycles. The molecular formula is C14H26N2O. The van der Waals surface area contributed by atoms with Crippen molar-refractivity contribution < 1.29 is 4.74 Å². The number of fused-ring (bicyclic) bond motifs is 3. The van der Waals surface area contributed by atoms with Gasteiger partial charge in [-0.05, 0) is 39.7 Å². The smallest absolute Gasteiger partial charge is 0.0534 e. The Hall–Kier alpha value is -0.120. The molecule has 0 aromatic heterocycles. The molecule has 2 bridgehead atoms. The second-order valence-corrected chi connectivity index (χ2v) is 6.39. The third-order valence-electron chi connectivity index (χ3n) is 5.02. The SMILES string of the molecule is CCOCC1(CN2CC3CCC2CN3C)CC1. The molecule has 3 aliphatic heterocycles. The van der Waals surface area contributed by atoms with Gasteiger partial charge in [0.2, 0.25) is 0 Å². The van der Waals surface area contributed by atoms with E-state index in [1.807, 2.05) is 0 Å². The van der Waals surface area contributed by atoms with Crippen molar-refractivity contribution in [3.05, 3.63) is 0 Å². The Balaban J connectivity index is 1.56. The highest BCUT2D eigenvalue weighted by atomic mass is 16.5. The van der Waals surface area contributed by atoms with E-state index in [1.165, 1.54) is 45.3 Å². The van der Waals surface area contributed by atoms with Crippen LogP contribution in [0.25, 0.3) is 0 Å². The molecule has 98 valence electrons. The van der Waals surface area contributed by atoms with Crippen molar-refractivity contribution >= 4 is 0 Å². The molecule has 4 fully saturated rings. The van der Waals surface area contributed by atoms with Crippen LogP contribution in [-0.2, 0) is 4.74 Å². The van der Waals surface area contributed by atoms with E-state index in [0.717, 1.165) is 25.3 Å². The normalized spacial score (nSPS) is 36.4. The van der Waals surface area contributed by atoms with E-state index < -0.39 is 0 Å². The van der Waals surface area contributed by atoms with E-state index in [2.05, 4.69) is 23.8 Å². The van der Waals surface area contributed by atoms with Gasteiger partial charge in [-0.25, -0.2) is 0 Å². The number of piperidine rings is 2. The molecule has 4 aliphatic rings. The van der Waals surface area contributed by atoms with Gasteiger partial charge in [0.05, 0.1) is 6.61 Å². The maximum atomic E-state index is 5.67. The van der Waals surface area contributed by atoms with E-state index in [9.17, 15) is 0 Å². The molecule has 0 spiro atoms. The van der Waals surface area contributed by atoms with Crippen LogP contribution in [0.15, 0.2) is 0 Å². The molecule has 3 nitrogen and oxygen atoms in total. The van der Waals surface area contributed by atoms with E-state index in [-0.39, 0.29) is 0 Å². The number of likely N-dealkylation sites (N-methyl/N-ethyl adjacent to an activating group) is 1. The minimum atomic E-state index is 0.534. The first-order chi connectivity index (χ1) is 8.22. The van der Waals surface area contributed by atoms with E-state index in [1.54, 1.807) is 0 Å². The van der Waals surface area contributed by atoms with Gasteiger partial charge in [-0.1, -0.05) is 0 Å². The summed E-state index contributed by atoms with van der Waals surface area (Å²) in [7, 11) is 2.29. The minimum absolute atomic E-state index is 0.534. The van der Waals surface area contributed by atoms with Gasteiger partial charge in [0.15, 0.2) is 0 Å². The first-order valence-corrected chi connectivity index (χ1v) is 7.24. The predicted octanol–water partition coefficient (Wildman–Crippen LogP) is 1.58. The molecule has 3 heteroatoms. The Labute approximate surface area is 105 Å². The Kier molecular flexibility index (Phi) is 3.18. The van der Waals surface area contributed by atoms with Crippen LogP contribution < -0.4 is 0 Å². The van der Waals surface area contributed by atoms with Crippen molar-refractivity contribution in [1.82, 2.24) is 9.80 Å². The molecular weight excluding hydrogens is 212 g/mol. The number of rotatable bonds is 5. The first kappa shape index (κ1) is 11.9. The molecule has 2 atom stereocenters. The summed E-state index contributed by atoms with van der Waals surface area (Å²) < 4.78 is 5.67. The zero-order chi connectivity index (χ0) is 11.9. The van der Waals surface area contributed by atoms with Crippen LogP contribution in [0.5, 0.6) is 0 Å². The Morgan fingerprint density at radius 3 is 2.47 bits per heavy atom. The quantitative estimate of drug-likeness (QED) is 0.723. The van der Waals surface area contributed by atoms with Crippen LogP contribution in [0, 0.1) is 5.41 Å². The predicted molar refractivity (Wildman–Crippen MR) is 69.2 cm³/mol. The highest BCUT2D eigenvalue weighted by molar-refractivity contribution is 5.01. The maximum Gasteiger partial charge on any atom is 0.0534 e. The van der Waals surface area contributed by atoms with Gasteiger partial charge in [-0.2, -0.15) is 0 Å². The van der Waals surface area contributed by atoms with Gasteiger partial charge in [-0.15, -0.1) is 0 Å². The lowest BCUT2D eigenvalue weighted by Gasteiger charge is -2.51. The van der Waals surface area contributed by atoms with Gasteiger partial charge in [-0.3, -0.25) is 4.90 Å². The average Bonchev–Trinajstić information content (AvgIpc) is 3.09. The molecule has 1 saturated carbocycles. The lowest BCUT2D eigenvalue weighted by atomic mass is 9.90. The number of nitrogens with zero attached hydrogens (tertiary/aromatic N) is 2. The standard InChI is InChI=1S/C14H26N2O/c1-3-17-11-14(6-7-14)10-16-9-12-4-5-13(16)8-15(12)2/h12-13H,3-11H2,1-2H3. The summed E-state index contributed by atoms with van der Waals surface area (Å²) in [6.45, 7) is 7.85. The van der Waals surface area contributed by atoms with Crippen molar-refractivity contribution in [2.45, 2.75) is 44.7 Å². The Bertz CT molecular complexity index is 277. The summed E-state index contributed by atoms with van der Waals surface area (Å²) in [6, 6.07) is 1.65. The van der Waals surface area contributed by atoms with E-state index >= 15 is 0 Å². The average molecular weight is 238 g/mol. The molecule has 0 amide bonds. The summed E-state index contributed by atoms with van der Waals surface area (Å²) in [5.74, 6) is 0. The fraction of sp³-hybridized carbons (Fsp3) is 1.00. The molecule has 3 heterocycles. The first-order valence-electron chi connectivity index (χ1n) is 7.24. The summed E-state index contributed by atoms with van der Waals surface area (Å²) in [5, 5.41) is 0. The van der Waals surface area contributed by atoms with Gasteiger partial charge in [0.1, 0.15) is 0 Å². The van der Waals surface area contributed by atoms with E-state index in [4.69, 9.17) is 4.74 Å². The summed E-state index contributed by atoms with van der Waals surface area (Å²) >= 11 is 0. The van der Waals surface area contributed by atoms with Crippen LogP contribution in [0.2, 0.25) is 0 Å². The third kappa shape index (κ3) is 2.38.